The molecule has 5 aliphatic rings. The fourth-order valence-corrected chi connectivity index (χ4v) is 19.5. The van der Waals surface area contributed by atoms with Gasteiger partial charge in [-0.2, -0.15) is 0 Å². The predicted octanol–water partition coefficient (Wildman–Crippen LogP) is 25.2. The number of furan rings is 1. The van der Waals surface area contributed by atoms with Gasteiger partial charge in [0.2, 0.25) is 0 Å². The van der Waals surface area contributed by atoms with Crippen molar-refractivity contribution in [3.63, 3.8) is 0 Å². The zero-order valence-corrected chi connectivity index (χ0v) is 60.6. The lowest BCUT2D eigenvalue weighted by Crippen LogP contribution is -2.29. The average Bonchev–Trinajstić information content (AvgIpc) is 1.52. The Morgan fingerprint density at radius 1 is 0.196 bits per heavy atom. The molecule has 0 fully saturated rings. The number of hydrogen-bond acceptors (Lipinski definition) is 7. The second-order valence-electron chi connectivity index (χ2n) is 29.6. The third kappa shape index (κ3) is 9.28. The molecule has 0 bridgehead atoms. The molecule has 2 spiro atoms. The number of fused-ring (bicyclic) bond motifs is 30. The van der Waals surface area contributed by atoms with Crippen LogP contribution in [0.5, 0.6) is 0 Å². The Hall–Kier alpha value is -14.7. The van der Waals surface area contributed by atoms with Gasteiger partial charge in [0.1, 0.15) is 11.2 Å². The van der Waals surface area contributed by atoms with E-state index in [1.54, 1.807) is 0 Å². The Bertz CT molecular complexity index is 7000. The second kappa shape index (κ2) is 25.0. The van der Waals surface area contributed by atoms with Gasteiger partial charge in [-0.15, -0.1) is 0 Å². The fraction of sp³-hybridized carbons (Fsp3) is 0.0286. The minimum atomic E-state index is -0.604. The highest BCUT2D eigenvalue weighted by Gasteiger charge is 2.52. The van der Waals surface area contributed by atoms with Crippen LogP contribution in [0, 0.1) is 0 Å². The topological polar surface area (TPSA) is 90.5 Å². The second-order valence-corrected chi connectivity index (χ2v) is 29.6. The molecule has 0 amide bonds. The Morgan fingerprint density at radius 2 is 0.509 bits per heavy atom. The summed E-state index contributed by atoms with van der Waals surface area (Å²) in [7, 11) is 0. The van der Waals surface area contributed by atoms with E-state index in [1.807, 2.05) is 66.7 Å². The third-order valence-electron chi connectivity index (χ3n) is 24.0. The maximum Gasteiger partial charge on any atom is 0.164 e. The van der Waals surface area contributed by atoms with Crippen LogP contribution >= 0.6 is 0 Å². The quantitative estimate of drug-likeness (QED) is 0.164. The fourth-order valence-electron chi connectivity index (χ4n) is 19.5. The number of hydrogen-bond donors (Lipinski definition) is 0. The molecule has 7 nitrogen and oxygen atoms in total. The van der Waals surface area contributed by atoms with Crippen LogP contribution in [0.25, 0.3) is 168 Å². The number of aromatic nitrogens is 6. The van der Waals surface area contributed by atoms with Gasteiger partial charge < -0.3 is 4.42 Å². The van der Waals surface area contributed by atoms with Crippen molar-refractivity contribution in [2.45, 2.75) is 17.3 Å². The van der Waals surface area contributed by atoms with Crippen molar-refractivity contribution < 1.29 is 4.42 Å². The van der Waals surface area contributed by atoms with Crippen LogP contribution in [0.1, 0.15) is 55.6 Å². The van der Waals surface area contributed by atoms with E-state index < -0.39 is 10.8 Å². The van der Waals surface area contributed by atoms with E-state index in [9.17, 15) is 0 Å². The monoisotopic (exact) mass is 1420 g/mol. The molecule has 112 heavy (non-hydrogen) atoms. The smallest absolute Gasteiger partial charge is 0.164 e. The minimum Gasteiger partial charge on any atom is -0.456 e. The molecule has 0 saturated heterocycles. The Kier molecular flexibility index (Phi) is 14.1. The first-order chi connectivity index (χ1) is 55.6. The molecule has 0 unspecified atom stereocenters. The molecule has 0 radical (unpaired) electrons. The van der Waals surface area contributed by atoms with Crippen molar-refractivity contribution in [1.82, 2.24) is 29.9 Å². The van der Waals surface area contributed by atoms with Crippen molar-refractivity contribution in [3.05, 3.63) is 432 Å². The van der Waals surface area contributed by atoms with Gasteiger partial charge in [-0.3, -0.25) is 0 Å². The van der Waals surface area contributed by atoms with Crippen molar-refractivity contribution in [3.8, 4) is 146 Å². The van der Waals surface area contributed by atoms with Gasteiger partial charge in [-0.25, -0.2) is 29.9 Å². The summed E-state index contributed by atoms with van der Waals surface area (Å²) in [5.41, 5.74) is 36.1. The molecular weight excluding hydrogens is 1360 g/mol. The molecule has 0 N–H and O–H groups in total. The minimum absolute atomic E-state index is 0.584. The van der Waals surface area contributed by atoms with E-state index in [4.69, 9.17) is 34.3 Å². The maximum atomic E-state index is 6.33. The molecule has 24 rings (SSSR count). The van der Waals surface area contributed by atoms with Gasteiger partial charge >= 0.3 is 0 Å². The summed E-state index contributed by atoms with van der Waals surface area (Å²) in [6.07, 6.45) is 0.943. The summed E-state index contributed by atoms with van der Waals surface area (Å²) in [5.74, 6) is 3.84. The van der Waals surface area contributed by atoms with E-state index in [1.165, 1.54) is 122 Å². The summed E-state index contributed by atoms with van der Waals surface area (Å²) in [4.78, 5) is 31.8. The first-order valence-electron chi connectivity index (χ1n) is 38.4. The highest BCUT2D eigenvalue weighted by Crippen LogP contribution is 2.65. The first-order valence-corrected chi connectivity index (χ1v) is 38.4. The summed E-state index contributed by atoms with van der Waals surface area (Å²) < 4.78 is 6.33. The molecule has 0 aliphatic heterocycles. The number of para-hydroxylation sites is 1. The van der Waals surface area contributed by atoms with E-state index in [0.717, 1.165) is 72.9 Å². The highest BCUT2D eigenvalue weighted by atomic mass is 16.3. The predicted molar refractivity (Wildman–Crippen MR) is 451 cm³/mol. The zero-order chi connectivity index (χ0) is 73.6. The molecule has 0 atom stereocenters. The maximum absolute atomic E-state index is 6.33. The lowest BCUT2D eigenvalue weighted by Gasteiger charge is -2.35. The SMILES string of the molecule is c1ccc(-c2nc(-c3ccc4c(c3)-c3ccccc3C4)nc(-c3cccc4c3-c3ccccc3C43c4ccccc4-c4ccccc4-c4ccccc43)n2)cc1.c1ccc(-c2nc(-c3cccc4c3-c3ccccc3C43c4ccccc4-c4ccccc4-c4ccccc43)nc(-c3cccc4oc5ccccc5c34)n2)cc1. The molecule has 7 heteroatoms. The summed E-state index contributed by atoms with van der Waals surface area (Å²) in [6, 6.07) is 135. The molecule has 520 valence electrons. The van der Waals surface area contributed by atoms with E-state index >= 15 is 0 Å². The summed E-state index contributed by atoms with van der Waals surface area (Å²) in [5, 5.41) is 2.03. The Balaban J connectivity index is 0.000000134. The van der Waals surface area contributed by atoms with Crippen LogP contribution in [0.4, 0.5) is 0 Å². The number of benzene rings is 16. The van der Waals surface area contributed by atoms with Crippen molar-refractivity contribution >= 4 is 21.9 Å². The van der Waals surface area contributed by atoms with Gasteiger partial charge in [0.15, 0.2) is 34.9 Å². The van der Waals surface area contributed by atoms with Crippen molar-refractivity contribution in [1.29, 1.82) is 0 Å². The molecule has 0 saturated carbocycles. The lowest BCUT2D eigenvalue weighted by atomic mass is 9.66. The highest BCUT2D eigenvalue weighted by molar-refractivity contribution is 6.12. The van der Waals surface area contributed by atoms with Gasteiger partial charge in [0, 0.05) is 44.2 Å². The summed E-state index contributed by atoms with van der Waals surface area (Å²) in [6.45, 7) is 0. The Labute approximate surface area is 647 Å². The van der Waals surface area contributed by atoms with E-state index in [2.05, 4.69) is 309 Å². The zero-order valence-electron chi connectivity index (χ0n) is 60.6. The molecule has 19 aromatic rings. The van der Waals surface area contributed by atoms with Gasteiger partial charge in [0.25, 0.3) is 0 Å². The van der Waals surface area contributed by atoms with E-state index in [0.29, 0.717) is 34.9 Å². The van der Waals surface area contributed by atoms with Gasteiger partial charge in [0.05, 0.1) is 10.8 Å². The van der Waals surface area contributed by atoms with Crippen LogP contribution in [0.2, 0.25) is 0 Å². The number of rotatable bonds is 6. The molecule has 3 aromatic heterocycles. The molecule has 16 aromatic carbocycles. The van der Waals surface area contributed by atoms with Crippen LogP contribution in [-0.2, 0) is 17.3 Å². The Morgan fingerprint density at radius 3 is 0.991 bits per heavy atom. The van der Waals surface area contributed by atoms with Crippen molar-refractivity contribution in [2.24, 2.45) is 0 Å². The first kappa shape index (κ1) is 63.4. The largest absolute Gasteiger partial charge is 0.456 e. The van der Waals surface area contributed by atoms with E-state index in [-0.39, 0.29) is 0 Å². The normalized spacial score (nSPS) is 13.3. The van der Waals surface area contributed by atoms with Crippen molar-refractivity contribution in [2.75, 3.05) is 0 Å². The van der Waals surface area contributed by atoms with Crippen LogP contribution < -0.4 is 0 Å². The average molecular weight is 1430 g/mol. The van der Waals surface area contributed by atoms with Gasteiger partial charge in [-0.05, 0) is 158 Å². The molecular formula is C105H64N6O. The number of nitrogens with zero attached hydrogens (tertiary/aromatic N) is 6. The molecule has 5 aliphatic carbocycles. The van der Waals surface area contributed by atoms with Crippen LogP contribution in [-0.4, -0.2) is 29.9 Å². The van der Waals surface area contributed by atoms with Crippen LogP contribution in [0.3, 0.4) is 0 Å². The van der Waals surface area contributed by atoms with Crippen LogP contribution in [0.15, 0.2) is 381 Å². The lowest BCUT2D eigenvalue weighted by molar-refractivity contribution is 0.669. The third-order valence-corrected chi connectivity index (χ3v) is 24.0. The molecule has 3 heterocycles. The summed E-state index contributed by atoms with van der Waals surface area (Å²) >= 11 is 0. The van der Waals surface area contributed by atoms with Gasteiger partial charge in [-0.1, -0.05) is 358 Å². The standard InChI is InChI=1S/C53H33N3.C52H31N3O/c1-2-15-33(16-3-1)50-54-51(36-30-29-35-31-34-17-4-5-18-37(34)44(35)32-36)56-52(55-50)43-24-14-28-48-49(43)42-23-10-13-27-47(42)53(48)45-25-11-8-21-40(45)38-19-6-7-20-39(38)41-22-9-12-26-46(41)53;1-2-16-32(17-3-1)49-53-50(55-51(54-49)40-25-15-31-46-48(40)38-23-9-13-30-45(38)56-46)39-24-14-29-44-47(39)37-22-8-12-28-43(37)52(44)41-26-10-6-20-35(41)33-18-4-5-19-34(33)36-21-7-11-27-42(36)52/h1-30,32H,31H2;1-31H.